The lowest BCUT2D eigenvalue weighted by Crippen LogP contribution is -2.22. The number of amides is 1. The van der Waals surface area contributed by atoms with Crippen molar-refractivity contribution in [2.24, 2.45) is 0 Å². The van der Waals surface area contributed by atoms with Gasteiger partial charge in [0.25, 0.3) is 5.91 Å². The maximum Gasteiger partial charge on any atom is 0.251 e. The van der Waals surface area contributed by atoms with E-state index in [4.69, 9.17) is 4.52 Å². The maximum absolute atomic E-state index is 12.5. The molecule has 0 atom stereocenters. The first-order chi connectivity index (χ1) is 16.2. The van der Waals surface area contributed by atoms with E-state index in [1.807, 2.05) is 72.3 Å². The number of hydrogen-bond donors (Lipinski definition) is 1. The van der Waals surface area contributed by atoms with Crippen molar-refractivity contribution in [3.05, 3.63) is 109 Å². The molecule has 0 aliphatic heterocycles. The molecule has 5 rings (SSSR count). The summed E-state index contributed by atoms with van der Waals surface area (Å²) in [4.78, 5) is 21.1. The zero-order chi connectivity index (χ0) is 22.6. The predicted molar refractivity (Wildman–Crippen MR) is 125 cm³/mol. The van der Waals surface area contributed by atoms with Crippen molar-refractivity contribution >= 4 is 5.91 Å². The second-order valence-corrected chi connectivity index (χ2v) is 7.59. The number of benzene rings is 2. The molecule has 33 heavy (non-hydrogen) atoms. The topological polar surface area (TPSA) is 85.8 Å². The first kappa shape index (κ1) is 20.4. The predicted octanol–water partition coefficient (Wildman–Crippen LogP) is 4.83. The van der Waals surface area contributed by atoms with Crippen LogP contribution in [0.2, 0.25) is 0 Å². The summed E-state index contributed by atoms with van der Waals surface area (Å²) in [6, 6.07) is 21.0. The second-order valence-electron chi connectivity index (χ2n) is 7.59. The van der Waals surface area contributed by atoms with Crippen molar-refractivity contribution in [2.75, 3.05) is 0 Å². The molecular formula is C26H21N5O2. The Morgan fingerprint density at radius 2 is 1.85 bits per heavy atom. The molecule has 1 amide bonds. The Kier molecular flexibility index (Phi) is 5.51. The van der Waals surface area contributed by atoms with Gasteiger partial charge in [-0.1, -0.05) is 41.6 Å². The van der Waals surface area contributed by atoms with Gasteiger partial charge in [0.2, 0.25) is 0 Å². The van der Waals surface area contributed by atoms with Crippen LogP contribution in [-0.2, 0) is 6.54 Å². The standard InChI is InChI=1S/C26H21N5O2/c1-18-24(25(30-33-18)20-7-3-2-4-8-20)23-16-31(17-29-23)22-11-9-21(10-12-22)26(32)28-15-19-6-5-13-27-14-19/h2-14,16-17H,15H2,1H3,(H,28,32). The molecule has 0 spiro atoms. The van der Waals surface area contributed by atoms with Crippen LogP contribution in [0.5, 0.6) is 0 Å². The fourth-order valence-electron chi connectivity index (χ4n) is 3.63. The number of aryl methyl sites for hydroxylation is 1. The lowest BCUT2D eigenvalue weighted by Gasteiger charge is -2.07. The first-order valence-corrected chi connectivity index (χ1v) is 10.5. The highest BCUT2D eigenvalue weighted by Crippen LogP contribution is 2.33. The second kappa shape index (κ2) is 8.92. The molecule has 0 saturated heterocycles. The van der Waals surface area contributed by atoms with Crippen LogP contribution in [0.15, 0.2) is 96.2 Å². The van der Waals surface area contributed by atoms with Gasteiger partial charge in [-0.05, 0) is 42.8 Å². The van der Waals surface area contributed by atoms with Crippen LogP contribution in [0, 0.1) is 6.92 Å². The summed E-state index contributed by atoms with van der Waals surface area (Å²) in [7, 11) is 0. The van der Waals surface area contributed by atoms with Crippen molar-refractivity contribution in [1.29, 1.82) is 0 Å². The van der Waals surface area contributed by atoms with Crippen molar-refractivity contribution in [2.45, 2.75) is 13.5 Å². The Balaban J connectivity index is 1.34. The SMILES string of the molecule is Cc1onc(-c2ccccc2)c1-c1cn(-c2ccc(C(=O)NCc3cccnc3)cc2)cn1. The maximum atomic E-state index is 12.5. The quantitative estimate of drug-likeness (QED) is 0.413. The van der Waals surface area contributed by atoms with Gasteiger partial charge in [0.1, 0.15) is 11.5 Å². The Bertz CT molecular complexity index is 1370. The molecule has 0 aliphatic carbocycles. The molecule has 2 aromatic carbocycles. The number of pyridine rings is 1. The Hall–Kier alpha value is -4.52. The number of nitrogens with one attached hydrogen (secondary N) is 1. The molecule has 7 heteroatoms. The number of aromatic nitrogens is 4. The van der Waals surface area contributed by atoms with E-state index < -0.39 is 0 Å². The van der Waals surface area contributed by atoms with E-state index in [1.165, 1.54) is 0 Å². The molecule has 3 aromatic heterocycles. The van der Waals surface area contributed by atoms with Gasteiger partial charge in [0.15, 0.2) is 0 Å². The summed E-state index contributed by atoms with van der Waals surface area (Å²) in [5.41, 5.74) is 5.81. The van der Waals surface area contributed by atoms with Crippen molar-refractivity contribution in [3.63, 3.8) is 0 Å². The normalized spacial score (nSPS) is 10.8. The summed E-state index contributed by atoms with van der Waals surface area (Å²) in [6.07, 6.45) is 7.12. The molecule has 0 radical (unpaired) electrons. The molecule has 162 valence electrons. The highest BCUT2D eigenvalue weighted by Gasteiger charge is 2.19. The fourth-order valence-corrected chi connectivity index (χ4v) is 3.63. The average Bonchev–Trinajstić information content (AvgIpc) is 3.50. The Labute approximate surface area is 190 Å². The van der Waals surface area contributed by atoms with Crippen LogP contribution < -0.4 is 5.32 Å². The molecular weight excluding hydrogens is 414 g/mol. The molecule has 1 N–H and O–H groups in total. The number of carbonyl (C=O) groups excluding carboxylic acids is 1. The van der Waals surface area contributed by atoms with Gasteiger partial charge in [0, 0.05) is 41.9 Å². The van der Waals surface area contributed by atoms with Gasteiger partial charge in [-0.2, -0.15) is 0 Å². The zero-order valence-electron chi connectivity index (χ0n) is 18.0. The zero-order valence-corrected chi connectivity index (χ0v) is 18.0. The monoisotopic (exact) mass is 435 g/mol. The molecule has 0 bridgehead atoms. The Morgan fingerprint density at radius 3 is 2.61 bits per heavy atom. The Morgan fingerprint density at radius 1 is 1.03 bits per heavy atom. The van der Waals surface area contributed by atoms with E-state index in [9.17, 15) is 4.79 Å². The van der Waals surface area contributed by atoms with Gasteiger partial charge in [-0.25, -0.2) is 4.98 Å². The summed E-state index contributed by atoms with van der Waals surface area (Å²) < 4.78 is 7.38. The minimum atomic E-state index is -0.135. The minimum Gasteiger partial charge on any atom is -0.360 e. The highest BCUT2D eigenvalue weighted by atomic mass is 16.5. The van der Waals surface area contributed by atoms with Gasteiger partial charge < -0.3 is 14.4 Å². The van der Waals surface area contributed by atoms with Crippen LogP contribution in [0.4, 0.5) is 0 Å². The fraction of sp³-hybridized carbons (Fsp3) is 0.0769. The molecule has 0 saturated carbocycles. The third-order valence-corrected chi connectivity index (χ3v) is 5.35. The largest absolute Gasteiger partial charge is 0.360 e. The molecule has 0 fully saturated rings. The van der Waals surface area contributed by atoms with Crippen LogP contribution in [0.25, 0.3) is 28.2 Å². The van der Waals surface area contributed by atoms with Crippen LogP contribution in [0.3, 0.4) is 0 Å². The highest BCUT2D eigenvalue weighted by molar-refractivity contribution is 5.94. The van der Waals surface area contributed by atoms with Crippen molar-refractivity contribution in [1.82, 2.24) is 25.0 Å². The third-order valence-electron chi connectivity index (χ3n) is 5.35. The molecule has 7 nitrogen and oxygen atoms in total. The van der Waals surface area contributed by atoms with Crippen LogP contribution >= 0.6 is 0 Å². The van der Waals surface area contributed by atoms with E-state index in [1.54, 1.807) is 30.9 Å². The summed E-state index contributed by atoms with van der Waals surface area (Å²) in [6.45, 7) is 2.31. The average molecular weight is 435 g/mol. The van der Waals surface area contributed by atoms with Gasteiger partial charge in [-0.3, -0.25) is 9.78 Å². The molecule has 0 unspecified atom stereocenters. The number of rotatable bonds is 6. The molecule has 5 aromatic rings. The summed E-state index contributed by atoms with van der Waals surface area (Å²) >= 11 is 0. The minimum absolute atomic E-state index is 0.135. The summed E-state index contributed by atoms with van der Waals surface area (Å²) in [5, 5.41) is 7.15. The van der Waals surface area contributed by atoms with E-state index in [0.717, 1.165) is 33.8 Å². The van der Waals surface area contributed by atoms with Crippen LogP contribution in [-0.4, -0.2) is 25.6 Å². The van der Waals surface area contributed by atoms with Gasteiger partial charge >= 0.3 is 0 Å². The molecule has 3 heterocycles. The van der Waals surface area contributed by atoms with Gasteiger partial charge in [0.05, 0.1) is 17.6 Å². The van der Waals surface area contributed by atoms with Crippen LogP contribution in [0.1, 0.15) is 21.7 Å². The van der Waals surface area contributed by atoms with Crippen molar-refractivity contribution < 1.29 is 9.32 Å². The summed E-state index contributed by atoms with van der Waals surface area (Å²) in [5.74, 6) is 0.573. The number of carbonyl (C=O) groups is 1. The molecule has 0 aliphatic rings. The number of nitrogens with zero attached hydrogens (tertiary/aromatic N) is 4. The van der Waals surface area contributed by atoms with E-state index >= 15 is 0 Å². The first-order valence-electron chi connectivity index (χ1n) is 10.5. The lowest BCUT2D eigenvalue weighted by molar-refractivity contribution is 0.0951. The van der Waals surface area contributed by atoms with E-state index in [2.05, 4.69) is 20.4 Å². The number of hydrogen-bond acceptors (Lipinski definition) is 5. The third kappa shape index (κ3) is 4.29. The van der Waals surface area contributed by atoms with E-state index in [-0.39, 0.29) is 5.91 Å². The van der Waals surface area contributed by atoms with E-state index in [0.29, 0.717) is 17.9 Å². The lowest BCUT2D eigenvalue weighted by atomic mass is 10.0. The number of imidazole rings is 1. The smallest absolute Gasteiger partial charge is 0.251 e. The van der Waals surface area contributed by atoms with Gasteiger partial charge in [-0.15, -0.1) is 0 Å². The van der Waals surface area contributed by atoms with Crippen molar-refractivity contribution in [3.8, 4) is 28.2 Å².